The van der Waals surface area contributed by atoms with Gasteiger partial charge in [0.1, 0.15) is 11.5 Å². The van der Waals surface area contributed by atoms with Gasteiger partial charge in [-0.3, -0.25) is 9.89 Å². The zero-order chi connectivity index (χ0) is 19.1. The van der Waals surface area contributed by atoms with Crippen LogP contribution in [0.1, 0.15) is 17.7 Å². The Kier molecular flexibility index (Phi) is 9.33. The number of halogens is 1. The maximum Gasteiger partial charge on any atom is 0.193 e. The number of likely N-dealkylation sites (tertiary alicyclic amines) is 1. The van der Waals surface area contributed by atoms with Gasteiger partial charge >= 0.3 is 0 Å². The number of thiophene rings is 1. The number of nitrogens with one attached hydrogen (secondary N) is 1. The first-order valence-corrected chi connectivity index (χ1v) is 10.1. The summed E-state index contributed by atoms with van der Waals surface area (Å²) in [6.07, 6.45) is 2.41. The minimum atomic E-state index is 0. The van der Waals surface area contributed by atoms with Gasteiger partial charge < -0.3 is 20.5 Å². The number of hydrogen-bond acceptors (Lipinski definition) is 5. The lowest BCUT2D eigenvalue weighted by Gasteiger charge is -2.31. The van der Waals surface area contributed by atoms with Crippen molar-refractivity contribution in [2.45, 2.75) is 19.4 Å². The predicted octanol–water partition coefficient (Wildman–Crippen LogP) is 4.02. The molecule has 3 rings (SSSR count). The van der Waals surface area contributed by atoms with Crippen LogP contribution in [0.4, 0.5) is 5.69 Å². The molecular weight excluding hydrogens is 487 g/mol. The SMILES string of the molecule is COc1ccc(OC)c(NC(N)=NCC2CCCN(Cc3cccs3)C2)c1.I. The quantitative estimate of drug-likeness (QED) is 0.331. The molecule has 1 aromatic carbocycles. The minimum absolute atomic E-state index is 0. The van der Waals surface area contributed by atoms with Gasteiger partial charge in [0.2, 0.25) is 0 Å². The Morgan fingerprint density at radius 3 is 2.89 bits per heavy atom. The number of ether oxygens (including phenoxy) is 2. The number of anilines is 1. The summed E-state index contributed by atoms with van der Waals surface area (Å²) in [5.41, 5.74) is 6.86. The molecule has 6 nitrogen and oxygen atoms in total. The van der Waals surface area contributed by atoms with Crippen molar-refractivity contribution in [2.75, 3.05) is 39.2 Å². The Balaban J connectivity index is 0.00000280. The zero-order valence-corrected chi connectivity index (χ0v) is 19.5. The highest BCUT2D eigenvalue weighted by molar-refractivity contribution is 14.0. The maximum atomic E-state index is 6.11. The second-order valence-corrected chi connectivity index (χ2v) is 7.77. The number of hydrogen-bond donors (Lipinski definition) is 2. The first kappa shape index (κ1) is 22.8. The largest absolute Gasteiger partial charge is 0.497 e. The molecule has 2 aromatic rings. The van der Waals surface area contributed by atoms with E-state index in [0.29, 0.717) is 17.6 Å². The van der Waals surface area contributed by atoms with Gasteiger partial charge in [0, 0.05) is 30.6 Å². The summed E-state index contributed by atoms with van der Waals surface area (Å²) in [4.78, 5) is 8.51. The van der Waals surface area contributed by atoms with Crippen molar-refractivity contribution in [3.8, 4) is 11.5 Å². The van der Waals surface area contributed by atoms with Gasteiger partial charge in [0.05, 0.1) is 19.9 Å². The van der Waals surface area contributed by atoms with Crippen LogP contribution < -0.4 is 20.5 Å². The lowest BCUT2D eigenvalue weighted by atomic mass is 9.98. The fourth-order valence-corrected chi connectivity index (χ4v) is 4.13. The topological polar surface area (TPSA) is 72.1 Å². The van der Waals surface area contributed by atoms with Crippen molar-refractivity contribution in [1.29, 1.82) is 0 Å². The molecule has 0 amide bonds. The Bertz CT molecular complexity index is 755. The van der Waals surface area contributed by atoms with Crippen molar-refractivity contribution in [3.63, 3.8) is 0 Å². The molecule has 0 saturated carbocycles. The molecule has 1 aromatic heterocycles. The molecule has 3 N–H and O–H groups in total. The highest BCUT2D eigenvalue weighted by Gasteiger charge is 2.20. The summed E-state index contributed by atoms with van der Waals surface area (Å²) < 4.78 is 10.6. The third-order valence-electron chi connectivity index (χ3n) is 4.75. The lowest BCUT2D eigenvalue weighted by molar-refractivity contribution is 0.172. The van der Waals surface area contributed by atoms with Gasteiger partial charge in [-0.15, -0.1) is 35.3 Å². The Morgan fingerprint density at radius 1 is 1.32 bits per heavy atom. The van der Waals surface area contributed by atoms with Crippen LogP contribution in [0.2, 0.25) is 0 Å². The van der Waals surface area contributed by atoms with Gasteiger partial charge in [-0.25, -0.2) is 0 Å². The average Bonchev–Trinajstić information content (AvgIpc) is 3.19. The van der Waals surface area contributed by atoms with E-state index in [1.165, 1.54) is 17.7 Å². The fraction of sp³-hybridized carbons (Fsp3) is 0.450. The molecule has 0 radical (unpaired) electrons. The van der Waals surface area contributed by atoms with E-state index in [-0.39, 0.29) is 24.0 Å². The molecule has 1 aliphatic rings. The third-order valence-corrected chi connectivity index (χ3v) is 5.61. The van der Waals surface area contributed by atoms with Crippen LogP contribution in [0, 0.1) is 5.92 Å². The maximum absolute atomic E-state index is 6.11. The standard InChI is InChI=1S/C20H28N4O2S.HI/c1-25-16-7-8-19(26-2)18(11-16)23-20(21)22-12-15-5-3-9-24(13-15)14-17-6-4-10-27-17;/h4,6-8,10-11,15H,3,5,9,12-14H2,1-2H3,(H3,21,22,23);1H. The summed E-state index contributed by atoms with van der Waals surface area (Å²) in [7, 11) is 3.26. The number of piperidine rings is 1. The smallest absolute Gasteiger partial charge is 0.193 e. The molecule has 28 heavy (non-hydrogen) atoms. The number of guanidine groups is 1. The molecule has 8 heteroatoms. The average molecular weight is 516 g/mol. The van der Waals surface area contributed by atoms with E-state index in [9.17, 15) is 0 Å². The van der Waals surface area contributed by atoms with Gasteiger partial charge in [-0.1, -0.05) is 6.07 Å². The van der Waals surface area contributed by atoms with Crippen molar-refractivity contribution in [1.82, 2.24) is 4.90 Å². The van der Waals surface area contributed by atoms with Crippen molar-refractivity contribution >= 4 is 47.0 Å². The number of nitrogens with zero attached hydrogens (tertiary/aromatic N) is 2. The molecule has 0 bridgehead atoms. The molecule has 1 unspecified atom stereocenters. The highest BCUT2D eigenvalue weighted by atomic mass is 127. The van der Waals surface area contributed by atoms with Crippen molar-refractivity contribution in [3.05, 3.63) is 40.6 Å². The van der Waals surface area contributed by atoms with Crippen LogP contribution in [0.25, 0.3) is 0 Å². The molecule has 0 aliphatic carbocycles. The number of nitrogens with two attached hydrogens (primary N) is 1. The van der Waals surface area contributed by atoms with E-state index in [4.69, 9.17) is 15.2 Å². The number of aliphatic imine (C=N–C) groups is 1. The van der Waals surface area contributed by atoms with Crippen LogP contribution in [0.15, 0.2) is 40.7 Å². The second kappa shape index (κ2) is 11.5. The zero-order valence-electron chi connectivity index (χ0n) is 16.4. The van der Waals surface area contributed by atoms with E-state index in [1.54, 1.807) is 14.2 Å². The summed E-state index contributed by atoms with van der Waals surface area (Å²) in [5, 5.41) is 5.27. The van der Waals surface area contributed by atoms with Crippen LogP contribution in [-0.2, 0) is 6.54 Å². The second-order valence-electron chi connectivity index (χ2n) is 6.74. The number of rotatable bonds is 7. The summed E-state index contributed by atoms with van der Waals surface area (Å²) in [6, 6.07) is 9.87. The summed E-state index contributed by atoms with van der Waals surface area (Å²) >= 11 is 1.82. The first-order chi connectivity index (χ1) is 13.2. The lowest BCUT2D eigenvalue weighted by Crippen LogP contribution is -2.36. The van der Waals surface area contributed by atoms with Crippen LogP contribution in [0.5, 0.6) is 11.5 Å². The minimum Gasteiger partial charge on any atom is -0.497 e. The third kappa shape index (κ3) is 6.52. The molecule has 0 spiro atoms. The molecule has 154 valence electrons. The highest BCUT2D eigenvalue weighted by Crippen LogP contribution is 2.28. The molecule has 1 saturated heterocycles. The molecule has 1 fully saturated rings. The predicted molar refractivity (Wildman–Crippen MR) is 127 cm³/mol. The molecule has 2 heterocycles. The van der Waals surface area contributed by atoms with E-state index in [2.05, 4.69) is 32.7 Å². The van der Waals surface area contributed by atoms with Gasteiger partial charge in [0.15, 0.2) is 5.96 Å². The van der Waals surface area contributed by atoms with Gasteiger partial charge in [-0.05, 0) is 48.9 Å². The van der Waals surface area contributed by atoms with Crippen molar-refractivity contribution < 1.29 is 9.47 Å². The van der Waals surface area contributed by atoms with E-state index in [1.807, 2.05) is 29.5 Å². The summed E-state index contributed by atoms with van der Waals surface area (Å²) in [6.45, 7) is 3.99. The van der Waals surface area contributed by atoms with Gasteiger partial charge in [-0.2, -0.15) is 0 Å². The van der Waals surface area contributed by atoms with E-state index >= 15 is 0 Å². The Morgan fingerprint density at radius 2 is 2.18 bits per heavy atom. The van der Waals surface area contributed by atoms with E-state index in [0.717, 1.165) is 37.6 Å². The molecule has 1 atom stereocenters. The van der Waals surface area contributed by atoms with Crippen LogP contribution in [-0.4, -0.2) is 44.7 Å². The van der Waals surface area contributed by atoms with Crippen molar-refractivity contribution in [2.24, 2.45) is 16.6 Å². The molecular formula is C20H29IN4O2S. The Labute approximate surface area is 188 Å². The van der Waals surface area contributed by atoms with Crippen LogP contribution >= 0.6 is 35.3 Å². The van der Waals surface area contributed by atoms with E-state index < -0.39 is 0 Å². The van der Waals surface area contributed by atoms with Crippen LogP contribution in [0.3, 0.4) is 0 Å². The molecule has 1 aliphatic heterocycles. The first-order valence-electron chi connectivity index (χ1n) is 9.21. The number of benzene rings is 1. The summed E-state index contributed by atoms with van der Waals surface area (Å²) in [5.74, 6) is 2.37. The normalized spacial score (nSPS) is 17.6. The Hall–Kier alpha value is -1.52. The number of methoxy groups -OCH3 is 2. The fourth-order valence-electron chi connectivity index (χ4n) is 3.38. The van der Waals surface area contributed by atoms with Gasteiger partial charge in [0.25, 0.3) is 0 Å². The monoisotopic (exact) mass is 516 g/mol.